The Labute approximate surface area is 173 Å². The number of carbonyl (C=O) groups excluding carboxylic acids is 1. The maximum atomic E-state index is 12.4. The molecule has 0 bridgehead atoms. The van der Waals surface area contributed by atoms with E-state index in [1.54, 1.807) is 49.4 Å². The lowest BCUT2D eigenvalue weighted by Gasteiger charge is -2.19. The largest absolute Gasteiger partial charge is 0.343 e. The molecular formula is C19H19ClN4O4S. The molecule has 0 saturated carbocycles. The normalized spacial score (nSPS) is 11.3. The zero-order chi connectivity index (χ0) is 21.2. The van der Waals surface area contributed by atoms with Crippen molar-refractivity contribution in [3.63, 3.8) is 0 Å². The highest BCUT2D eigenvalue weighted by molar-refractivity contribution is 7.92. The van der Waals surface area contributed by atoms with Gasteiger partial charge in [0.1, 0.15) is 0 Å². The van der Waals surface area contributed by atoms with E-state index in [4.69, 9.17) is 16.1 Å². The monoisotopic (exact) mass is 434 g/mol. The smallest absolute Gasteiger partial charge is 0.251 e. The first kappa shape index (κ1) is 20.8. The van der Waals surface area contributed by atoms with Crippen molar-refractivity contribution in [2.75, 3.05) is 17.6 Å². The van der Waals surface area contributed by atoms with Crippen molar-refractivity contribution in [1.82, 2.24) is 15.5 Å². The van der Waals surface area contributed by atoms with Crippen LogP contribution in [0.2, 0.25) is 5.02 Å². The summed E-state index contributed by atoms with van der Waals surface area (Å²) in [5, 5.41) is 7.20. The van der Waals surface area contributed by atoms with Gasteiger partial charge in [-0.25, -0.2) is 8.42 Å². The van der Waals surface area contributed by atoms with Gasteiger partial charge in [-0.2, -0.15) is 4.98 Å². The Balaban J connectivity index is 1.67. The maximum absolute atomic E-state index is 12.4. The summed E-state index contributed by atoms with van der Waals surface area (Å²) in [4.78, 5) is 16.7. The first-order chi connectivity index (χ1) is 13.6. The summed E-state index contributed by atoms with van der Waals surface area (Å²) in [7, 11) is -1.92. The fraction of sp³-hybridized carbons (Fsp3) is 0.211. The highest BCUT2D eigenvalue weighted by Crippen LogP contribution is 2.22. The molecule has 8 nitrogen and oxygen atoms in total. The molecule has 3 aromatic rings. The zero-order valence-corrected chi connectivity index (χ0v) is 17.6. The number of sulfonamides is 1. The molecule has 0 aliphatic carbocycles. The van der Waals surface area contributed by atoms with Crippen molar-refractivity contribution in [2.24, 2.45) is 0 Å². The van der Waals surface area contributed by atoms with Crippen molar-refractivity contribution in [3.05, 3.63) is 64.5 Å². The van der Waals surface area contributed by atoms with Gasteiger partial charge in [-0.3, -0.25) is 9.10 Å². The summed E-state index contributed by atoms with van der Waals surface area (Å²) >= 11 is 5.86. The predicted octanol–water partition coefficient (Wildman–Crippen LogP) is 3.02. The van der Waals surface area contributed by atoms with Gasteiger partial charge in [-0.05, 0) is 55.0 Å². The number of aryl methyl sites for hydroxylation is 1. The van der Waals surface area contributed by atoms with Crippen molar-refractivity contribution in [3.8, 4) is 11.4 Å². The van der Waals surface area contributed by atoms with Crippen molar-refractivity contribution >= 4 is 33.2 Å². The first-order valence-corrected chi connectivity index (χ1v) is 10.8. The van der Waals surface area contributed by atoms with Crippen molar-refractivity contribution in [2.45, 2.75) is 13.5 Å². The Morgan fingerprint density at radius 1 is 1.21 bits per heavy atom. The Morgan fingerprint density at radius 3 is 2.52 bits per heavy atom. The van der Waals surface area contributed by atoms with Crippen LogP contribution in [0.5, 0.6) is 0 Å². The Kier molecular flexibility index (Phi) is 5.90. The number of benzene rings is 2. The van der Waals surface area contributed by atoms with E-state index in [-0.39, 0.29) is 18.3 Å². The van der Waals surface area contributed by atoms with E-state index in [1.807, 2.05) is 0 Å². The number of halogens is 1. The Bertz CT molecular complexity index is 1140. The molecule has 0 radical (unpaired) electrons. The van der Waals surface area contributed by atoms with Crippen LogP contribution in [-0.4, -0.2) is 37.8 Å². The van der Waals surface area contributed by atoms with Gasteiger partial charge in [0.2, 0.25) is 21.7 Å². The zero-order valence-electron chi connectivity index (χ0n) is 16.0. The number of nitrogens with zero attached hydrogens (tertiary/aromatic N) is 3. The third kappa shape index (κ3) is 4.93. The van der Waals surface area contributed by atoms with Crippen LogP contribution in [0.15, 0.2) is 47.0 Å². The van der Waals surface area contributed by atoms with Crippen LogP contribution in [0.4, 0.5) is 5.69 Å². The fourth-order valence-corrected chi connectivity index (χ4v) is 3.32. The number of amides is 1. The Morgan fingerprint density at radius 2 is 1.90 bits per heavy atom. The number of rotatable bonds is 6. The molecule has 0 atom stereocenters. The predicted molar refractivity (Wildman–Crippen MR) is 110 cm³/mol. The highest BCUT2D eigenvalue weighted by atomic mass is 35.5. The Hall–Kier alpha value is -2.91. The van der Waals surface area contributed by atoms with Gasteiger partial charge in [0.05, 0.1) is 18.5 Å². The second kappa shape index (κ2) is 8.22. The third-order valence-electron chi connectivity index (χ3n) is 4.27. The van der Waals surface area contributed by atoms with Crippen LogP contribution in [0.1, 0.15) is 21.8 Å². The number of aromatic nitrogens is 2. The second-order valence-electron chi connectivity index (χ2n) is 6.43. The lowest BCUT2D eigenvalue weighted by molar-refractivity contribution is 0.0946. The molecular weight excluding hydrogens is 416 g/mol. The van der Waals surface area contributed by atoms with Crippen LogP contribution in [0.25, 0.3) is 11.4 Å². The second-order valence-corrected chi connectivity index (χ2v) is 8.88. The third-order valence-corrected chi connectivity index (χ3v) is 5.71. The van der Waals surface area contributed by atoms with E-state index in [2.05, 4.69) is 15.5 Å². The van der Waals surface area contributed by atoms with Gasteiger partial charge in [-0.15, -0.1) is 0 Å². The minimum atomic E-state index is -3.38. The van der Waals surface area contributed by atoms with Crippen LogP contribution in [0.3, 0.4) is 0 Å². The molecule has 0 aliphatic rings. The maximum Gasteiger partial charge on any atom is 0.251 e. The molecule has 0 saturated heterocycles. The summed E-state index contributed by atoms with van der Waals surface area (Å²) in [5.74, 6) is 0.316. The molecule has 0 unspecified atom stereocenters. The number of carbonyl (C=O) groups is 1. The summed E-state index contributed by atoms with van der Waals surface area (Å²) in [5.41, 5.74) is 2.31. The molecule has 1 heterocycles. The molecule has 0 fully saturated rings. The van der Waals surface area contributed by atoms with Crippen molar-refractivity contribution < 1.29 is 17.7 Å². The summed E-state index contributed by atoms with van der Waals surface area (Å²) < 4.78 is 29.7. The van der Waals surface area contributed by atoms with E-state index in [1.165, 1.54) is 11.4 Å². The molecule has 0 aliphatic heterocycles. The molecule has 1 N–H and O–H groups in total. The minimum Gasteiger partial charge on any atom is -0.343 e. The SMILES string of the molecule is Cc1cc(C(=O)NCc2nc(-c3ccc(Cl)cc3)no2)ccc1N(C)S(C)(=O)=O. The molecule has 10 heteroatoms. The minimum absolute atomic E-state index is 0.0590. The quantitative estimate of drug-likeness (QED) is 0.639. The fourth-order valence-electron chi connectivity index (χ4n) is 2.63. The van der Waals surface area contributed by atoms with Crippen molar-refractivity contribution in [1.29, 1.82) is 0 Å². The van der Waals surface area contributed by atoms with Gasteiger partial charge in [0.15, 0.2) is 0 Å². The highest BCUT2D eigenvalue weighted by Gasteiger charge is 2.16. The van der Waals surface area contributed by atoms with Crippen LogP contribution < -0.4 is 9.62 Å². The van der Waals surface area contributed by atoms with E-state index in [9.17, 15) is 13.2 Å². The molecule has 29 heavy (non-hydrogen) atoms. The van der Waals surface area contributed by atoms with E-state index in [0.717, 1.165) is 11.8 Å². The molecule has 2 aromatic carbocycles. The van der Waals surface area contributed by atoms with Crippen LogP contribution in [0, 0.1) is 6.92 Å². The van der Waals surface area contributed by atoms with Crippen LogP contribution in [-0.2, 0) is 16.6 Å². The number of hydrogen-bond donors (Lipinski definition) is 1. The summed E-state index contributed by atoms with van der Waals surface area (Å²) in [6.45, 7) is 1.80. The van der Waals surface area contributed by atoms with Gasteiger partial charge in [-0.1, -0.05) is 16.8 Å². The van der Waals surface area contributed by atoms with Crippen LogP contribution >= 0.6 is 11.6 Å². The topological polar surface area (TPSA) is 105 Å². The number of anilines is 1. The molecule has 3 rings (SSSR count). The lowest BCUT2D eigenvalue weighted by atomic mass is 10.1. The average Bonchev–Trinajstić information content (AvgIpc) is 3.14. The van der Waals surface area contributed by atoms with Gasteiger partial charge in [0.25, 0.3) is 5.91 Å². The van der Waals surface area contributed by atoms with Gasteiger partial charge >= 0.3 is 0 Å². The van der Waals surface area contributed by atoms with Gasteiger partial charge in [0, 0.05) is 23.2 Å². The standard InChI is InChI=1S/C19H19ClN4O4S/c1-12-10-14(6-9-16(12)24(2)29(3,26)27)19(25)21-11-17-22-18(23-28-17)13-4-7-15(20)8-5-13/h4-10H,11H2,1-3H3,(H,21,25). The van der Waals surface area contributed by atoms with E-state index >= 15 is 0 Å². The molecule has 1 aromatic heterocycles. The number of hydrogen-bond acceptors (Lipinski definition) is 6. The first-order valence-electron chi connectivity index (χ1n) is 8.56. The lowest BCUT2D eigenvalue weighted by Crippen LogP contribution is -2.26. The summed E-state index contributed by atoms with van der Waals surface area (Å²) in [6, 6.07) is 11.8. The van der Waals surface area contributed by atoms with E-state index < -0.39 is 10.0 Å². The average molecular weight is 435 g/mol. The number of nitrogens with one attached hydrogen (secondary N) is 1. The van der Waals surface area contributed by atoms with E-state index in [0.29, 0.717) is 27.7 Å². The summed E-state index contributed by atoms with van der Waals surface area (Å²) in [6.07, 6.45) is 1.12. The molecule has 0 spiro atoms. The van der Waals surface area contributed by atoms with Gasteiger partial charge < -0.3 is 9.84 Å². The molecule has 1 amide bonds. The molecule has 152 valence electrons.